The number of likely N-dealkylation sites (tertiary alicyclic amines) is 1. The number of aliphatic imine (C=N–C) groups is 1. The molecule has 2 N–H and O–H groups in total. The van der Waals surface area contributed by atoms with Crippen molar-refractivity contribution in [3.8, 4) is 0 Å². The van der Waals surface area contributed by atoms with Crippen molar-refractivity contribution in [3.05, 3.63) is 21.9 Å². The van der Waals surface area contributed by atoms with Gasteiger partial charge in [-0.25, -0.2) is 4.99 Å². The average molecular weight is 322 g/mol. The summed E-state index contributed by atoms with van der Waals surface area (Å²) < 4.78 is 0. The fourth-order valence-corrected chi connectivity index (χ4v) is 3.38. The van der Waals surface area contributed by atoms with Gasteiger partial charge in [0.2, 0.25) is 5.91 Å². The second-order valence-electron chi connectivity index (χ2n) is 5.53. The Bertz CT molecular complexity index is 526. The molecule has 2 rings (SSSR count). The minimum Gasteiger partial charge on any atom is -0.357 e. The zero-order chi connectivity index (χ0) is 15.9. The molecule has 1 amide bonds. The molecule has 6 heteroatoms. The molecule has 1 fully saturated rings. The maximum absolute atomic E-state index is 11.7. The minimum absolute atomic E-state index is 0.236. The summed E-state index contributed by atoms with van der Waals surface area (Å²) in [5, 5.41) is 6.74. The molecule has 0 radical (unpaired) electrons. The summed E-state index contributed by atoms with van der Waals surface area (Å²) in [6.07, 6.45) is 1.56. The summed E-state index contributed by atoms with van der Waals surface area (Å²) in [7, 11) is 0. The number of rotatable bonds is 5. The van der Waals surface area contributed by atoms with Gasteiger partial charge in [-0.2, -0.15) is 0 Å². The van der Waals surface area contributed by atoms with Crippen molar-refractivity contribution in [2.24, 2.45) is 4.99 Å². The van der Waals surface area contributed by atoms with Gasteiger partial charge in [-0.15, -0.1) is 11.3 Å². The third-order valence-electron chi connectivity index (χ3n) is 3.72. The van der Waals surface area contributed by atoms with Crippen molar-refractivity contribution in [2.75, 3.05) is 19.6 Å². The highest BCUT2D eigenvalue weighted by molar-refractivity contribution is 7.11. The molecule has 5 nitrogen and oxygen atoms in total. The molecule has 1 unspecified atom stereocenters. The third kappa shape index (κ3) is 4.73. The molecule has 0 aliphatic carbocycles. The molecule has 0 spiro atoms. The highest BCUT2D eigenvalue weighted by Crippen LogP contribution is 2.16. The number of guanidine groups is 1. The van der Waals surface area contributed by atoms with E-state index in [1.165, 1.54) is 9.75 Å². The Morgan fingerprint density at radius 3 is 2.91 bits per heavy atom. The Morgan fingerprint density at radius 1 is 1.45 bits per heavy atom. The van der Waals surface area contributed by atoms with Crippen molar-refractivity contribution < 1.29 is 4.79 Å². The van der Waals surface area contributed by atoms with E-state index in [9.17, 15) is 4.79 Å². The monoisotopic (exact) mass is 322 g/mol. The largest absolute Gasteiger partial charge is 0.357 e. The lowest BCUT2D eigenvalue weighted by Crippen LogP contribution is -2.45. The molecule has 1 aromatic heterocycles. The number of hydrogen-bond acceptors (Lipinski definition) is 3. The van der Waals surface area contributed by atoms with Crippen LogP contribution in [0.5, 0.6) is 0 Å². The Balaban J connectivity index is 1.90. The second kappa shape index (κ2) is 8.17. The van der Waals surface area contributed by atoms with Gasteiger partial charge in [0.05, 0.1) is 6.54 Å². The van der Waals surface area contributed by atoms with Crippen LogP contribution in [0.25, 0.3) is 0 Å². The predicted molar refractivity (Wildman–Crippen MR) is 92.3 cm³/mol. The van der Waals surface area contributed by atoms with Crippen molar-refractivity contribution in [1.82, 2.24) is 15.5 Å². The zero-order valence-corrected chi connectivity index (χ0v) is 14.5. The Morgan fingerprint density at radius 2 is 2.27 bits per heavy atom. The first-order chi connectivity index (χ1) is 10.6. The first-order valence-corrected chi connectivity index (χ1v) is 8.82. The number of aryl methyl sites for hydroxylation is 1. The van der Waals surface area contributed by atoms with Crippen LogP contribution >= 0.6 is 11.3 Å². The predicted octanol–water partition coefficient (Wildman–Crippen LogP) is 2.12. The van der Waals surface area contributed by atoms with Crippen LogP contribution in [0, 0.1) is 6.92 Å². The fraction of sp³-hybridized carbons (Fsp3) is 0.625. The Hall–Kier alpha value is -1.56. The van der Waals surface area contributed by atoms with E-state index in [0.717, 1.165) is 32.0 Å². The van der Waals surface area contributed by atoms with Gasteiger partial charge in [0, 0.05) is 41.9 Å². The lowest BCUT2D eigenvalue weighted by Gasteiger charge is -2.18. The van der Waals surface area contributed by atoms with E-state index < -0.39 is 0 Å². The Kier molecular flexibility index (Phi) is 6.24. The van der Waals surface area contributed by atoms with Gasteiger partial charge in [-0.3, -0.25) is 4.79 Å². The normalized spacial score (nSPS) is 18.6. The maximum Gasteiger partial charge on any atom is 0.222 e. The summed E-state index contributed by atoms with van der Waals surface area (Å²) in [6, 6.07) is 4.55. The lowest BCUT2D eigenvalue weighted by molar-refractivity contribution is -0.129. The van der Waals surface area contributed by atoms with Gasteiger partial charge >= 0.3 is 0 Å². The van der Waals surface area contributed by atoms with Gasteiger partial charge < -0.3 is 15.5 Å². The van der Waals surface area contributed by atoms with Crippen molar-refractivity contribution in [2.45, 2.75) is 46.2 Å². The van der Waals surface area contributed by atoms with Crippen LogP contribution in [-0.2, 0) is 11.3 Å². The van der Waals surface area contributed by atoms with Gasteiger partial charge in [0.25, 0.3) is 0 Å². The smallest absolute Gasteiger partial charge is 0.222 e. The highest BCUT2D eigenvalue weighted by atomic mass is 32.1. The van der Waals surface area contributed by atoms with Crippen LogP contribution in [0.1, 0.15) is 36.4 Å². The van der Waals surface area contributed by atoms with Crippen molar-refractivity contribution in [3.63, 3.8) is 0 Å². The molecular formula is C16H26N4OS. The fourth-order valence-electron chi connectivity index (χ4n) is 2.57. The van der Waals surface area contributed by atoms with E-state index in [4.69, 9.17) is 0 Å². The summed E-state index contributed by atoms with van der Waals surface area (Å²) in [6.45, 7) is 9.23. The van der Waals surface area contributed by atoms with Crippen LogP contribution in [0.4, 0.5) is 0 Å². The highest BCUT2D eigenvalue weighted by Gasteiger charge is 2.25. The third-order valence-corrected chi connectivity index (χ3v) is 4.70. The molecule has 22 heavy (non-hydrogen) atoms. The van der Waals surface area contributed by atoms with E-state index in [2.05, 4.69) is 41.6 Å². The first-order valence-electron chi connectivity index (χ1n) is 8.00. The molecule has 1 atom stereocenters. The number of carbonyl (C=O) groups excluding carboxylic acids is 1. The van der Waals surface area contributed by atoms with Gasteiger partial charge in [0.1, 0.15) is 0 Å². The topological polar surface area (TPSA) is 56.7 Å². The molecule has 1 aromatic rings. The number of carbonyl (C=O) groups is 1. The van der Waals surface area contributed by atoms with E-state index in [-0.39, 0.29) is 5.91 Å². The molecule has 1 aliphatic heterocycles. The molecule has 1 aliphatic rings. The standard InChI is InChI=1S/C16H26N4OS/c1-4-15(21)20-9-8-13(11-20)19-16(17-5-2)18-10-14-7-6-12(3)22-14/h6-7,13H,4-5,8-11H2,1-3H3,(H2,17,18,19). The van der Waals surface area contributed by atoms with Crippen LogP contribution in [0.15, 0.2) is 17.1 Å². The van der Waals surface area contributed by atoms with E-state index in [0.29, 0.717) is 19.0 Å². The molecule has 0 saturated carbocycles. The van der Waals surface area contributed by atoms with Gasteiger partial charge in [-0.05, 0) is 32.4 Å². The van der Waals surface area contributed by atoms with E-state index >= 15 is 0 Å². The number of thiophene rings is 1. The van der Waals surface area contributed by atoms with Crippen LogP contribution in [-0.4, -0.2) is 42.4 Å². The molecular weight excluding hydrogens is 296 g/mol. The van der Waals surface area contributed by atoms with E-state index in [1.807, 2.05) is 11.8 Å². The maximum atomic E-state index is 11.7. The van der Waals surface area contributed by atoms with Crippen molar-refractivity contribution in [1.29, 1.82) is 0 Å². The van der Waals surface area contributed by atoms with Crippen LogP contribution < -0.4 is 10.6 Å². The number of hydrogen-bond donors (Lipinski definition) is 2. The average Bonchev–Trinajstić information content (AvgIpc) is 3.13. The first kappa shape index (κ1) is 16.8. The van der Waals surface area contributed by atoms with Crippen LogP contribution in [0.2, 0.25) is 0 Å². The molecule has 0 aromatic carbocycles. The zero-order valence-electron chi connectivity index (χ0n) is 13.7. The number of amides is 1. The second-order valence-corrected chi connectivity index (χ2v) is 6.90. The van der Waals surface area contributed by atoms with Crippen LogP contribution in [0.3, 0.4) is 0 Å². The lowest BCUT2D eigenvalue weighted by atomic mass is 10.3. The summed E-state index contributed by atoms with van der Waals surface area (Å²) in [5.41, 5.74) is 0. The molecule has 0 bridgehead atoms. The molecule has 1 saturated heterocycles. The summed E-state index contributed by atoms with van der Waals surface area (Å²) in [4.78, 5) is 20.9. The van der Waals surface area contributed by atoms with E-state index in [1.54, 1.807) is 11.3 Å². The minimum atomic E-state index is 0.236. The quantitative estimate of drug-likeness (QED) is 0.645. The Labute approximate surface area is 136 Å². The molecule has 2 heterocycles. The van der Waals surface area contributed by atoms with Crippen molar-refractivity contribution >= 4 is 23.2 Å². The van der Waals surface area contributed by atoms with Gasteiger partial charge in [0.15, 0.2) is 5.96 Å². The number of nitrogens with zero attached hydrogens (tertiary/aromatic N) is 2. The summed E-state index contributed by atoms with van der Waals surface area (Å²) in [5.74, 6) is 1.07. The summed E-state index contributed by atoms with van der Waals surface area (Å²) >= 11 is 1.78. The SMILES string of the molecule is CCNC(=NCc1ccc(C)s1)NC1CCN(C(=O)CC)C1. The number of nitrogens with one attached hydrogen (secondary N) is 2. The molecule has 122 valence electrons. The van der Waals surface area contributed by atoms with Gasteiger partial charge in [-0.1, -0.05) is 6.92 Å².